The van der Waals surface area contributed by atoms with Gasteiger partial charge in [-0.05, 0) is 43.4 Å². The molecule has 2 fully saturated rings. The van der Waals surface area contributed by atoms with Crippen molar-refractivity contribution in [2.45, 2.75) is 44.6 Å². The van der Waals surface area contributed by atoms with E-state index in [0.29, 0.717) is 6.04 Å². The summed E-state index contributed by atoms with van der Waals surface area (Å²) in [5.74, 6) is 2.98. The van der Waals surface area contributed by atoms with Crippen LogP contribution in [0.1, 0.15) is 37.1 Å². The van der Waals surface area contributed by atoms with Crippen molar-refractivity contribution in [1.29, 1.82) is 0 Å². The molecule has 2 saturated carbocycles. The second kappa shape index (κ2) is 4.46. The summed E-state index contributed by atoms with van der Waals surface area (Å²) in [6, 6.07) is 0.329. The lowest BCUT2D eigenvalue weighted by molar-refractivity contribution is 0.294. The van der Waals surface area contributed by atoms with E-state index in [-0.39, 0.29) is 0 Å². The van der Waals surface area contributed by atoms with Crippen LogP contribution in [-0.2, 0) is 6.42 Å². The highest BCUT2D eigenvalue weighted by atomic mass is 32.1. The van der Waals surface area contributed by atoms with Crippen LogP contribution in [0.2, 0.25) is 0 Å². The molecule has 4 atom stereocenters. The lowest BCUT2D eigenvalue weighted by atomic mass is 9.84. The van der Waals surface area contributed by atoms with Crippen LogP contribution in [0, 0.1) is 17.8 Å². The molecule has 0 spiro atoms. The standard InChI is InChI=1S/C13H20N2S/c14-12(8-13-15-3-4-16-13)7-11-6-9-1-2-10(11)5-9/h3-4,9-12H,1-2,5-8,14H2. The second-order valence-electron chi connectivity index (χ2n) is 5.56. The minimum absolute atomic E-state index is 0.329. The number of rotatable bonds is 4. The van der Waals surface area contributed by atoms with Crippen molar-refractivity contribution in [2.75, 3.05) is 0 Å². The van der Waals surface area contributed by atoms with E-state index in [9.17, 15) is 0 Å². The highest BCUT2D eigenvalue weighted by Crippen LogP contribution is 2.49. The minimum atomic E-state index is 0.329. The molecule has 4 unspecified atom stereocenters. The van der Waals surface area contributed by atoms with Gasteiger partial charge in [0.15, 0.2) is 0 Å². The molecule has 88 valence electrons. The fourth-order valence-electron chi connectivity index (χ4n) is 3.72. The zero-order chi connectivity index (χ0) is 11.0. The summed E-state index contributed by atoms with van der Waals surface area (Å²) in [7, 11) is 0. The monoisotopic (exact) mass is 236 g/mol. The molecule has 1 heterocycles. The maximum Gasteiger partial charge on any atom is 0.0940 e. The topological polar surface area (TPSA) is 38.9 Å². The molecule has 0 saturated heterocycles. The van der Waals surface area contributed by atoms with E-state index in [1.54, 1.807) is 11.3 Å². The van der Waals surface area contributed by atoms with E-state index in [0.717, 1.165) is 24.2 Å². The van der Waals surface area contributed by atoms with Gasteiger partial charge in [-0.15, -0.1) is 11.3 Å². The lowest BCUT2D eigenvalue weighted by Crippen LogP contribution is -2.28. The lowest BCUT2D eigenvalue weighted by Gasteiger charge is -2.24. The van der Waals surface area contributed by atoms with Crippen LogP contribution in [0.4, 0.5) is 0 Å². The molecule has 0 radical (unpaired) electrons. The van der Waals surface area contributed by atoms with Gasteiger partial charge in [-0.2, -0.15) is 0 Å². The Hall–Kier alpha value is -0.410. The predicted molar refractivity (Wildman–Crippen MR) is 67.3 cm³/mol. The fourth-order valence-corrected chi connectivity index (χ4v) is 4.43. The third kappa shape index (κ3) is 2.16. The van der Waals surface area contributed by atoms with Gasteiger partial charge in [-0.3, -0.25) is 0 Å². The van der Waals surface area contributed by atoms with E-state index in [4.69, 9.17) is 5.73 Å². The second-order valence-corrected chi connectivity index (χ2v) is 6.54. The number of aromatic nitrogens is 1. The molecule has 2 aliphatic rings. The number of hydrogen-bond acceptors (Lipinski definition) is 3. The van der Waals surface area contributed by atoms with Gasteiger partial charge in [0, 0.05) is 24.0 Å². The molecule has 1 aromatic heterocycles. The zero-order valence-corrected chi connectivity index (χ0v) is 10.5. The zero-order valence-electron chi connectivity index (χ0n) is 9.64. The van der Waals surface area contributed by atoms with E-state index in [2.05, 4.69) is 4.98 Å². The Morgan fingerprint density at radius 2 is 2.38 bits per heavy atom. The van der Waals surface area contributed by atoms with Gasteiger partial charge in [0.2, 0.25) is 0 Å². The van der Waals surface area contributed by atoms with Crippen molar-refractivity contribution in [3.63, 3.8) is 0 Å². The van der Waals surface area contributed by atoms with Gasteiger partial charge in [0.1, 0.15) is 0 Å². The van der Waals surface area contributed by atoms with Crippen LogP contribution < -0.4 is 5.73 Å². The Morgan fingerprint density at radius 3 is 3.00 bits per heavy atom. The number of nitrogens with zero attached hydrogens (tertiary/aromatic N) is 1. The summed E-state index contributed by atoms with van der Waals surface area (Å²) >= 11 is 1.73. The molecule has 0 amide bonds. The van der Waals surface area contributed by atoms with Crippen molar-refractivity contribution in [3.8, 4) is 0 Å². The van der Waals surface area contributed by atoms with Gasteiger partial charge in [0.25, 0.3) is 0 Å². The average Bonchev–Trinajstić information content (AvgIpc) is 2.92. The quantitative estimate of drug-likeness (QED) is 0.873. The van der Waals surface area contributed by atoms with Crippen molar-refractivity contribution in [2.24, 2.45) is 23.5 Å². The third-order valence-electron chi connectivity index (χ3n) is 4.41. The van der Waals surface area contributed by atoms with Gasteiger partial charge < -0.3 is 5.73 Å². The summed E-state index contributed by atoms with van der Waals surface area (Å²) in [5, 5.41) is 3.25. The van der Waals surface area contributed by atoms with Crippen LogP contribution in [-0.4, -0.2) is 11.0 Å². The van der Waals surface area contributed by atoms with E-state index in [1.165, 1.54) is 37.1 Å². The van der Waals surface area contributed by atoms with Crippen LogP contribution >= 0.6 is 11.3 Å². The Balaban J connectivity index is 1.51. The highest BCUT2D eigenvalue weighted by molar-refractivity contribution is 7.09. The van der Waals surface area contributed by atoms with E-state index < -0.39 is 0 Å². The smallest absolute Gasteiger partial charge is 0.0940 e. The van der Waals surface area contributed by atoms with Crippen molar-refractivity contribution in [1.82, 2.24) is 4.98 Å². The summed E-state index contributed by atoms with van der Waals surface area (Å²) in [4.78, 5) is 4.32. The van der Waals surface area contributed by atoms with Crippen molar-refractivity contribution >= 4 is 11.3 Å². The predicted octanol–water partition coefficient (Wildman–Crippen LogP) is 2.84. The Labute approximate surface area is 101 Å². The molecule has 0 aliphatic heterocycles. The summed E-state index contributed by atoms with van der Waals surface area (Å²) < 4.78 is 0. The normalized spacial score (nSPS) is 34.4. The maximum absolute atomic E-state index is 6.24. The summed E-state index contributed by atoms with van der Waals surface area (Å²) in [5.41, 5.74) is 6.24. The van der Waals surface area contributed by atoms with Gasteiger partial charge in [-0.1, -0.05) is 6.42 Å². The number of hydrogen-bond donors (Lipinski definition) is 1. The van der Waals surface area contributed by atoms with Gasteiger partial charge in [-0.25, -0.2) is 4.98 Å². The van der Waals surface area contributed by atoms with Crippen LogP contribution in [0.25, 0.3) is 0 Å². The van der Waals surface area contributed by atoms with E-state index >= 15 is 0 Å². The Bertz CT molecular complexity index is 336. The maximum atomic E-state index is 6.24. The molecule has 16 heavy (non-hydrogen) atoms. The average molecular weight is 236 g/mol. The van der Waals surface area contributed by atoms with Gasteiger partial charge in [0.05, 0.1) is 5.01 Å². The first-order chi connectivity index (χ1) is 7.81. The SMILES string of the molecule is NC(Cc1nccs1)CC1CC2CCC1C2. The largest absolute Gasteiger partial charge is 0.327 e. The van der Waals surface area contributed by atoms with Crippen LogP contribution in [0.15, 0.2) is 11.6 Å². The molecular formula is C13H20N2S. The third-order valence-corrected chi connectivity index (χ3v) is 5.21. The van der Waals surface area contributed by atoms with Crippen molar-refractivity contribution in [3.05, 3.63) is 16.6 Å². The first kappa shape index (κ1) is 10.7. The van der Waals surface area contributed by atoms with Crippen molar-refractivity contribution < 1.29 is 0 Å². The molecular weight excluding hydrogens is 216 g/mol. The number of fused-ring (bicyclic) bond motifs is 2. The molecule has 2 nitrogen and oxygen atoms in total. The Morgan fingerprint density at radius 1 is 1.44 bits per heavy atom. The fraction of sp³-hybridized carbons (Fsp3) is 0.769. The molecule has 3 rings (SSSR count). The Kier molecular flexibility index (Phi) is 2.99. The van der Waals surface area contributed by atoms with Gasteiger partial charge >= 0.3 is 0 Å². The van der Waals surface area contributed by atoms with Crippen LogP contribution in [0.5, 0.6) is 0 Å². The van der Waals surface area contributed by atoms with Crippen LogP contribution in [0.3, 0.4) is 0 Å². The summed E-state index contributed by atoms with van der Waals surface area (Å²) in [6.07, 6.45) is 9.99. The first-order valence-corrected chi connectivity index (χ1v) is 7.33. The molecule has 0 aromatic carbocycles. The number of nitrogens with two attached hydrogens (primary N) is 1. The highest BCUT2D eigenvalue weighted by Gasteiger charge is 2.39. The first-order valence-electron chi connectivity index (χ1n) is 6.45. The van der Waals surface area contributed by atoms with E-state index in [1.807, 2.05) is 11.6 Å². The molecule has 1 aromatic rings. The molecule has 3 heteroatoms. The summed E-state index contributed by atoms with van der Waals surface area (Å²) in [6.45, 7) is 0. The minimum Gasteiger partial charge on any atom is -0.327 e. The molecule has 2 bridgehead atoms. The molecule has 2 aliphatic carbocycles. The number of thiazole rings is 1. The molecule has 2 N–H and O–H groups in total.